The molecular weight excluding hydrogens is 238 g/mol. The predicted octanol–water partition coefficient (Wildman–Crippen LogP) is 1.51. The summed E-state index contributed by atoms with van der Waals surface area (Å²) in [6.07, 6.45) is -0.000365. The smallest absolute Gasteiger partial charge is 0.126 e. The molecule has 1 aromatic rings. The van der Waals surface area contributed by atoms with Crippen LogP contribution in [-0.4, -0.2) is 36.7 Å². The number of benzene rings is 1. The number of halogens is 2. The molecule has 0 amide bonds. The standard InChI is InChI=1S/C13H18F2N2O/c1-9-8-18-13(5-16)7-17(9)6-10-2-11(14)4-12(15)3-10/h2-4,9,13H,5-8,16H2,1H3. The predicted molar refractivity (Wildman–Crippen MR) is 65.0 cm³/mol. The van der Waals surface area contributed by atoms with Gasteiger partial charge < -0.3 is 10.5 Å². The molecule has 1 fully saturated rings. The van der Waals surface area contributed by atoms with E-state index in [1.165, 1.54) is 12.1 Å². The minimum absolute atomic E-state index is 0.000365. The summed E-state index contributed by atoms with van der Waals surface area (Å²) in [5.41, 5.74) is 6.22. The van der Waals surface area contributed by atoms with Crippen molar-refractivity contribution in [1.82, 2.24) is 4.90 Å². The highest BCUT2D eigenvalue weighted by Crippen LogP contribution is 2.16. The summed E-state index contributed by atoms with van der Waals surface area (Å²) in [5, 5.41) is 0. The van der Waals surface area contributed by atoms with E-state index in [2.05, 4.69) is 4.90 Å². The van der Waals surface area contributed by atoms with Gasteiger partial charge in [-0.25, -0.2) is 8.78 Å². The minimum atomic E-state index is -0.540. The van der Waals surface area contributed by atoms with Crippen LogP contribution in [0.5, 0.6) is 0 Å². The fraction of sp³-hybridized carbons (Fsp3) is 0.538. The van der Waals surface area contributed by atoms with Gasteiger partial charge in [0.2, 0.25) is 0 Å². The number of nitrogens with two attached hydrogens (primary N) is 1. The van der Waals surface area contributed by atoms with Crippen molar-refractivity contribution in [2.45, 2.75) is 25.6 Å². The van der Waals surface area contributed by atoms with Crippen molar-refractivity contribution in [1.29, 1.82) is 0 Å². The molecule has 1 saturated heterocycles. The first-order valence-electron chi connectivity index (χ1n) is 6.09. The molecule has 100 valence electrons. The second-order valence-electron chi connectivity index (χ2n) is 4.75. The Balaban J connectivity index is 2.06. The van der Waals surface area contributed by atoms with E-state index in [0.717, 1.165) is 6.07 Å². The van der Waals surface area contributed by atoms with Crippen molar-refractivity contribution in [2.75, 3.05) is 19.7 Å². The molecule has 0 aliphatic carbocycles. The average molecular weight is 256 g/mol. The van der Waals surface area contributed by atoms with Gasteiger partial charge in [0.1, 0.15) is 11.6 Å². The fourth-order valence-electron chi connectivity index (χ4n) is 2.17. The second-order valence-corrected chi connectivity index (χ2v) is 4.75. The van der Waals surface area contributed by atoms with Crippen LogP contribution in [0.3, 0.4) is 0 Å². The lowest BCUT2D eigenvalue weighted by Gasteiger charge is -2.37. The van der Waals surface area contributed by atoms with Crippen LogP contribution in [0.25, 0.3) is 0 Å². The van der Waals surface area contributed by atoms with E-state index >= 15 is 0 Å². The number of rotatable bonds is 3. The maximum absolute atomic E-state index is 13.1. The van der Waals surface area contributed by atoms with Gasteiger partial charge in [-0.1, -0.05) is 0 Å². The first-order valence-corrected chi connectivity index (χ1v) is 6.09. The molecule has 2 N–H and O–H groups in total. The van der Waals surface area contributed by atoms with Crippen LogP contribution in [0.2, 0.25) is 0 Å². The number of morpholine rings is 1. The molecule has 0 spiro atoms. The summed E-state index contributed by atoms with van der Waals surface area (Å²) in [6.45, 7) is 4.29. The summed E-state index contributed by atoms with van der Waals surface area (Å²) in [5.74, 6) is -1.08. The molecule has 3 nitrogen and oxygen atoms in total. The lowest BCUT2D eigenvalue weighted by atomic mass is 10.1. The lowest BCUT2D eigenvalue weighted by Crippen LogP contribution is -2.50. The van der Waals surface area contributed by atoms with Crippen molar-refractivity contribution in [2.24, 2.45) is 5.73 Å². The summed E-state index contributed by atoms with van der Waals surface area (Å²) >= 11 is 0. The van der Waals surface area contributed by atoms with Crippen LogP contribution in [0.15, 0.2) is 18.2 Å². The van der Waals surface area contributed by atoms with E-state index in [0.29, 0.717) is 31.8 Å². The maximum atomic E-state index is 13.1. The van der Waals surface area contributed by atoms with E-state index in [4.69, 9.17) is 10.5 Å². The zero-order valence-corrected chi connectivity index (χ0v) is 10.4. The Morgan fingerprint density at radius 3 is 2.61 bits per heavy atom. The van der Waals surface area contributed by atoms with Gasteiger partial charge >= 0.3 is 0 Å². The molecule has 1 aliphatic heterocycles. The zero-order chi connectivity index (χ0) is 13.1. The highest BCUT2D eigenvalue weighted by molar-refractivity contribution is 5.18. The number of hydrogen-bond acceptors (Lipinski definition) is 3. The van der Waals surface area contributed by atoms with Gasteiger partial charge in [-0.3, -0.25) is 4.90 Å². The van der Waals surface area contributed by atoms with Crippen molar-refractivity contribution < 1.29 is 13.5 Å². The van der Waals surface area contributed by atoms with Crippen LogP contribution in [0, 0.1) is 11.6 Å². The Labute approximate surface area is 106 Å². The van der Waals surface area contributed by atoms with E-state index in [9.17, 15) is 8.78 Å². The van der Waals surface area contributed by atoms with Crippen LogP contribution < -0.4 is 5.73 Å². The van der Waals surface area contributed by atoms with Gasteiger partial charge in [-0.2, -0.15) is 0 Å². The molecule has 18 heavy (non-hydrogen) atoms. The van der Waals surface area contributed by atoms with Crippen LogP contribution >= 0.6 is 0 Å². The Hall–Kier alpha value is -1.04. The third kappa shape index (κ3) is 3.25. The first kappa shape index (κ1) is 13.4. The molecule has 2 atom stereocenters. The fourth-order valence-corrected chi connectivity index (χ4v) is 2.17. The second kappa shape index (κ2) is 5.73. The average Bonchev–Trinajstić information content (AvgIpc) is 2.30. The van der Waals surface area contributed by atoms with Crippen LogP contribution in [0.1, 0.15) is 12.5 Å². The molecule has 0 saturated carbocycles. The third-order valence-corrected chi connectivity index (χ3v) is 3.21. The van der Waals surface area contributed by atoms with Gasteiger partial charge in [0.05, 0.1) is 12.7 Å². The highest BCUT2D eigenvalue weighted by Gasteiger charge is 2.25. The number of nitrogens with zero attached hydrogens (tertiary/aromatic N) is 1. The Morgan fingerprint density at radius 1 is 1.33 bits per heavy atom. The third-order valence-electron chi connectivity index (χ3n) is 3.21. The maximum Gasteiger partial charge on any atom is 0.126 e. The minimum Gasteiger partial charge on any atom is -0.374 e. The van der Waals surface area contributed by atoms with Gasteiger partial charge in [-0.15, -0.1) is 0 Å². The Morgan fingerprint density at radius 2 is 2.00 bits per heavy atom. The number of hydrogen-bond donors (Lipinski definition) is 1. The number of ether oxygens (including phenoxy) is 1. The first-order chi connectivity index (χ1) is 8.58. The molecule has 1 heterocycles. The van der Waals surface area contributed by atoms with Crippen LogP contribution in [-0.2, 0) is 11.3 Å². The molecule has 0 aromatic heterocycles. The summed E-state index contributed by atoms with van der Waals surface area (Å²) in [6, 6.07) is 3.83. The topological polar surface area (TPSA) is 38.5 Å². The van der Waals surface area contributed by atoms with Crippen molar-refractivity contribution in [3.05, 3.63) is 35.4 Å². The summed E-state index contributed by atoms with van der Waals surface area (Å²) in [4.78, 5) is 2.13. The van der Waals surface area contributed by atoms with Gasteiger partial charge in [0.25, 0.3) is 0 Å². The van der Waals surface area contributed by atoms with E-state index in [1.807, 2.05) is 6.92 Å². The van der Waals surface area contributed by atoms with Crippen LogP contribution in [0.4, 0.5) is 8.78 Å². The summed E-state index contributed by atoms with van der Waals surface area (Å²) < 4.78 is 31.8. The molecule has 5 heteroatoms. The zero-order valence-electron chi connectivity index (χ0n) is 10.4. The SMILES string of the molecule is CC1COC(CN)CN1Cc1cc(F)cc(F)c1. The molecule has 0 radical (unpaired) electrons. The van der Waals surface area contributed by atoms with Gasteiger partial charge in [0.15, 0.2) is 0 Å². The molecule has 1 aliphatic rings. The van der Waals surface area contributed by atoms with Crippen molar-refractivity contribution in [3.63, 3.8) is 0 Å². The Kier molecular flexibility index (Phi) is 4.27. The molecule has 0 bridgehead atoms. The quantitative estimate of drug-likeness (QED) is 0.891. The molecule has 2 rings (SSSR count). The van der Waals surface area contributed by atoms with E-state index < -0.39 is 11.6 Å². The lowest BCUT2D eigenvalue weighted by molar-refractivity contribution is -0.0567. The molecule has 2 unspecified atom stereocenters. The molecule has 1 aromatic carbocycles. The van der Waals surface area contributed by atoms with Gasteiger partial charge in [0, 0.05) is 31.7 Å². The van der Waals surface area contributed by atoms with Crippen molar-refractivity contribution >= 4 is 0 Å². The summed E-state index contributed by atoms with van der Waals surface area (Å²) in [7, 11) is 0. The van der Waals surface area contributed by atoms with E-state index in [-0.39, 0.29) is 12.1 Å². The largest absolute Gasteiger partial charge is 0.374 e. The van der Waals surface area contributed by atoms with E-state index in [1.54, 1.807) is 0 Å². The van der Waals surface area contributed by atoms with Crippen molar-refractivity contribution in [3.8, 4) is 0 Å². The van der Waals surface area contributed by atoms with Gasteiger partial charge in [-0.05, 0) is 24.6 Å². The monoisotopic (exact) mass is 256 g/mol. The Bertz CT molecular complexity index is 394. The normalized spacial score (nSPS) is 25.3. The molecular formula is C13H18F2N2O. The highest BCUT2D eigenvalue weighted by atomic mass is 19.1.